The number of rotatable bonds is 3. The molecule has 0 spiro atoms. The van der Waals surface area contributed by atoms with E-state index < -0.39 is 0 Å². The maximum absolute atomic E-state index is 5.26. The zero-order valence-corrected chi connectivity index (χ0v) is 10.2. The lowest BCUT2D eigenvalue weighted by molar-refractivity contribution is 0.414. The molecule has 1 aromatic carbocycles. The molecule has 86 valence electrons. The first kappa shape index (κ1) is 11.2. The third-order valence-corrected chi connectivity index (χ3v) is 3.37. The smallest absolute Gasteiger partial charge is 0.119 e. The fraction of sp³-hybridized carbons (Fsp3) is 0.429. The van der Waals surface area contributed by atoms with E-state index in [9.17, 15) is 0 Å². The van der Waals surface area contributed by atoms with Crippen LogP contribution < -0.4 is 10.1 Å². The topological polar surface area (TPSA) is 21.3 Å². The molecule has 0 heterocycles. The van der Waals surface area contributed by atoms with Crippen molar-refractivity contribution in [3.8, 4) is 5.75 Å². The average Bonchev–Trinajstić information content (AvgIpc) is 2.36. The number of likely N-dealkylation sites (N-methyl/N-ethyl adjacent to an activating group) is 1. The van der Waals surface area contributed by atoms with Gasteiger partial charge in [0.15, 0.2) is 0 Å². The fourth-order valence-corrected chi connectivity index (χ4v) is 2.14. The van der Waals surface area contributed by atoms with Crippen molar-refractivity contribution in [1.29, 1.82) is 0 Å². The van der Waals surface area contributed by atoms with Gasteiger partial charge in [-0.2, -0.15) is 0 Å². The van der Waals surface area contributed by atoms with Gasteiger partial charge in [-0.25, -0.2) is 0 Å². The molecule has 1 atom stereocenters. The van der Waals surface area contributed by atoms with E-state index in [1.165, 1.54) is 16.7 Å². The van der Waals surface area contributed by atoms with Crippen LogP contribution in [0.25, 0.3) is 6.08 Å². The largest absolute Gasteiger partial charge is 0.497 e. The Kier molecular flexibility index (Phi) is 3.30. The summed E-state index contributed by atoms with van der Waals surface area (Å²) >= 11 is 0. The van der Waals surface area contributed by atoms with Gasteiger partial charge in [0.2, 0.25) is 0 Å². The van der Waals surface area contributed by atoms with E-state index in [4.69, 9.17) is 4.74 Å². The predicted octanol–water partition coefficient (Wildman–Crippen LogP) is 2.63. The second-order valence-electron chi connectivity index (χ2n) is 4.29. The van der Waals surface area contributed by atoms with E-state index in [2.05, 4.69) is 30.4 Å². The number of aryl methyl sites for hydroxylation is 1. The molecule has 0 fully saturated rings. The monoisotopic (exact) mass is 217 g/mol. The number of fused-ring (bicyclic) bond motifs is 1. The molecule has 0 saturated carbocycles. The average molecular weight is 217 g/mol. The van der Waals surface area contributed by atoms with Crippen LogP contribution in [0.2, 0.25) is 0 Å². The molecule has 1 aliphatic carbocycles. The molecule has 0 radical (unpaired) electrons. The van der Waals surface area contributed by atoms with Gasteiger partial charge in [0, 0.05) is 6.04 Å². The lowest BCUT2D eigenvalue weighted by Gasteiger charge is -2.21. The Morgan fingerprint density at radius 1 is 1.31 bits per heavy atom. The lowest BCUT2D eigenvalue weighted by Crippen LogP contribution is -2.24. The van der Waals surface area contributed by atoms with Crippen LogP contribution >= 0.6 is 0 Å². The van der Waals surface area contributed by atoms with E-state index in [0.717, 1.165) is 18.6 Å². The number of methoxy groups -OCH3 is 1. The van der Waals surface area contributed by atoms with Crippen molar-refractivity contribution < 1.29 is 4.74 Å². The molecule has 0 amide bonds. The molecule has 1 unspecified atom stereocenters. The molecule has 0 bridgehead atoms. The lowest BCUT2D eigenvalue weighted by atomic mass is 9.89. The molecule has 2 nitrogen and oxygen atoms in total. The fourth-order valence-electron chi connectivity index (χ4n) is 2.14. The summed E-state index contributed by atoms with van der Waals surface area (Å²) in [5.74, 6) is 0.938. The van der Waals surface area contributed by atoms with Crippen LogP contribution in [0.5, 0.6) is 5.75 Å². The molecule has 0 aromatic heterocycles. The molecule has 1 aromatic rings. The van der Waals surface area contributed by atoms with E-state index >= 15 is 0 Å². The Bertz CT molecular complexity index is 409. The Morgan fingerprint density at radius 3 is 2.81 bits per heavy atom. The number of benzene rings is 1. The van der Waals surface area contributed by atoms with Crippen molar-refractivity contribution in [2.75, 3.05) is 14.2 Å². The van der Waals surface area contributed by atoms with Gasteiger partial charge >= 0.3 is 0 Å². The van der Waals surface area contributed by atoms with E-state index in [1.807, 2.05) is 13.1 Å². The van der Waals surface area contributed by atoms with E-state index in [-0.39, 0.29) is 0 Å². The van der Waals surface area contributed by atoms with E-state index in [0.29, 0.717) is 6.04 Å². The molecular formula is C14H19NO. The van der Waals surface area contributed by atoms with Crippen LogP contribution in [0.1, 0.15) is 24.5 Å². The predicted molar refractivity (Wildman–Crippen MR) is 67.8 cm³/mol. The molecule has 1 N–H and O–H groups in total. The summed E-state index contributed by atoms with van der Waals surface area (Å²) in [6.45, 7) is 2.21. The summed E-state index contributed by atoms with van der Waals surface area (Å²) < 4.78 is 5.26. The Morgan fingerprint density at radius 2 is 2.12 bits per heavy atom. The SMILES string of the molecule is CNC(C)C1=Cc2cc(OC)ccc2CC1. The van der Waals surface area contributed by atoms with Gasteiger partial charge in [0.05, 0.1) is 7.11 Å². The second-order valence-corrected chi connectivity index (χ2v) is 4.29. The van der Waals surface area contributed by atoms with Crippen molar-refractivity contribution in [3.05, 3.63) is 34.9 Å². The minimum atomic E-state index is 0.458. The van der Waals surface area contributed by atoms with Crippen molar-refractivity contribution >= 4 is 6.08 Å². The molecule has 2 heteroatoms. The molecule has 1 aliphatic rings. The van der Waals surface area contributed by atoms with Crippen LogP contribution in [-0.4, -0.2) is 20.2 Å². The highest BCUT2D eigenvalue weighted by molar-refractivity contribution is 5.62. The van der Waals surface area contributed by atoms with Gasteiger partial charge in [-0.15, -0.1) is 0 Å². The number of nitrogens with one attached hydrogen (secondary N) is 1. The summed E-state index contributed by atoms with van der Waals surface area (Å²) in [6.07, 6.45) is 4.58. The van der Waals surface area contributed by atoms with Crippen molar-refractivity contribution in [3.63, 3.8) is 0 Å². The minimum Gasteiger partial charge on any atom is -0.497 e. The number of hydrogen-bond donors (Lipinski definition) is 1. The van der Waals surface area contributed by atoms with Crippen LogP contribution in [-0.2, 0) is 6.42 Å². The zero-order chi connectivity index (χ0) is 11.5. The van der Waals surface area contributed by atoms with Gasteiger partial charge in [0.25, 0.3) is 0 Å². The maximum atomic E-state index is 5.26. The van der Waals surface area contributed by atoms with Crippen molar-refractivity contribution in [2.24, 2.45) is 0 Å². The third-order valence-electron chi connectivity index (χ3n) is 3.37. The first-order valence-electron chi connectivity index (χ1n) is 5.79. The van der Waals surface area contributed by atoms with E-state index in [1.54, 1.807) is 7.11 Å². The highest BCUT2D eigenvalue weighted by Gasteiger charge is 2.14. The summed E-state index contributed by atoms with van der Waals surface area (Å²) in [5.41, 5.74) is 4.21. The molecule has 2 rings (SSSR count). The summed E-state index contributed by atoms with van der Waals surface area (Å²) in [4.78, 5) is 0. The van der Waals surface area contributed by atoms with Crippen LogP contribution in [0.4, 0.5) is 0 Å². The van der Waals surface area contributed by atoms with Crippen LogP contribution in [0.15, 0.2) is 23.8 Å². The van der Waals surface area contributed by atoms with Crippen molar-refractivity contribution in [2.45, 2.75) is 25.8 Å². The standard InChI is InChI=1S/C14H19NO/c1-10(15-2)12-5-4-11-6-7-14(16-3)9-13(11)8-12/h6-10,15H,4-5H2,1-3H3. The summed E-state index contributed by atoms with van der Waals surface area (Å²) in [6, 6.07) is 6.79. The van der Waals surface area contributed by atoms with Gasteiger partial charge in [0.1, 0.15) is 5.75 Å². The Hall–Kier alpha value is -1.28. The molecule has 16 heavy (non-hydrogen) atoms. The Labute approximate surface area is 97.3 Å². The Balaban J connectivity index is 2.33. The van der Waals surface area contributed by atoms with Gasteiger partial charge < -0.3 is 10.1 Å². The maximum Gasteiger partial charge on any atom is 0.119 e. The minimum absolute atomic E-state index is 0.458. The van der Waals surface area contributed by atoms with Crippen LogP contribution in [0.3, 0.4) is 0 Å². The highest BCUT2D eigenvalue weighted by Crippen LogP contribution is 2.28. The normalized spacial score (nSPS) is 16.3. The summed E-state index contributed by atoms with van der Waals surface area (Å²) in [7, 11) is 3.72. The van der Waals surface area contributed by atoms with Crippen LogP contribution in [0, 0.1) is 0 Å². The first-order chi connectivity index (χ1) is 7.74. The second kappa shape index (κ2) is 4.71. The van der Waals surface area contributed by atoms with Gasteiger partial charge in [-0.1, -0.05) is 17.7 Å². The molecule has 0 aliphatic heterocycles. The summed E-state index contributed by atoms with van der Waals surface area (Å²) in [5, 5.41) is 3.29. The highest BCUT2D eigenvalue weighted by atomic mass is 16.5. The van der Waals surface area contributed by atoms with Crippen molar-refractivity contribution in [1.82, 2.24) is 5.32 Å². The number of hydrogen-bond acceptors (Lipinski definition) is 2. The number of ether oxygens (including phenoxy) is 1. The molecule has 0 saturated heterocycles. The zero-order valence-electron chi connectivity index (χ0n) is 10.2. The molecular weight excluding hydrogens is 198 g/mol. The van der Waals surface area contributed by atoms with Gasteiger partial charge in [-0.3, -0.25) is 0 Å². The first-order valence-corrected chi connectivity index (χ1v) is 5.79. The van der Waals surface area contributed by atoms with Gasteiger partial charge in [-0.05, 0) is 50.1 Å². The quantitative estimate of drug-likeness (QED) is 0.840. The third kappa shape index (κ3) is 2.12.